The van der Waals surface area contributed by atoms with Gasteiger partial charge in [0.1, 0.15) is 0 Å². The number of carbonyl (C=O) groups excluding carboxylic acids is 1. The van der Waals surface area contributed by atoms with Crippen molar-refractivity contribution in [2.24, 2.45) is 0 Å². The van der Waals surface area contributed by atoms with Gasteiger partial charge in [-0.25, -0.2) is 0 Å². The van der Waals surface area contributed by atoms with E-state index >= 15 is 0 Å². The molecule has 1 saturated heterocycles. The standard InChI is InChI=1S/C21H26N2O4/c1-25-19-8-5-17(13-20(19)26-2)15-22-21(24)14-16-3-6-18(7-4-16)23-9-11-27-12-10-23/h3-8,13H,9-12,14-15H2,1-2H3,(H,22,24). The molecule has 3 rings (SSSR count). The molecule has 1 amide bonds. The number of rotatable bonds is 7. The first kappa shape index (κ1) is 19.0. The number of ether oxygens (including phenoxy) is 3. The van der Waals surface area contributed by atoms with Crippen LogP contribution < -0.4 is 19.7 Å². The first-order valence-corrected chi connectivity index (χ1v) is 9.09. The van der Waals surface area contributed by atoms with Crippen LogP contribution >= 0.6 is 0 Å². The van der Waals surface area contributed by atoms with E-state index < -0.39 is 0 Å². The highest BCUT2D eigenvalue weighted by Crippen LogP contribution is 2.27. The van der Waals surface area contributed by atoms with E-state index in [2.05, 4.69) is 22.3 Å². The summed E-state index contributed by atoms with van der Waals surface area (Å²) < 4.78 is 15.9. The number of methoxy groups -OCH3 is 2. The number of hydrogen-bond acceptors (Lipinski definition) is 5. The second-order valence-electron chi connectivity index (χ2n) is 6.41. The van der Waals surface area contributed by atoms with Gasteiger partial charge < -0.3 is 24.4 Å². The summed E-state index contributed by atoms with van der Waals surface area (Å²) >= 11 is 0. The van der Waals surface area contributed by atoms with Gasteiger partial charge in [0.05, 0.1) is 33.9 Å². The lowest BCUT2D eigenvalue weighted by molar-refractivity contribution is -0.120. The molecule has 0 spiro atoms. The molecule has 6 heteroatoms. The van der Waals surface area contributed by atoms with Crippen LogP contribution in [0.5, 0.6) is 11.5 Å². The van der Waals surface area contributed by atoms with Crippen molar-refractivity contribution in [1.29, 1.82) is 0 Å². The molecule has 1 aliphatic rings. The molecule has 27 heavy (non-hydrogen) atoms. The van der Waals surface area contributed by atoms with E-state index in [-0.39, 0.29) is 5.91 Å². The third kappa shape index (κ3) is 5.14. The topological polar surface area (TPSA) is 60.0 Å². The van der Waals surface area contributed by atoms with Gasteiger partial charge in [0, 0.05) is 25.3 Å². The number of benzene rings is 2. The average molecular weight is 370 g/mol. The van der Waals surface area contributed by atoms with Gasteiger partial charge in [-0.1, -0.05) is 18.2 Å². The zero-order chi connectivity index (χ0) is 19.1. The summed E-state index contributed by atoms with van der Waals surface area (Å²) in [7, 11) is 3.20. The highest BCUT2D eigenvalue weighted by molar-refractivity contribution is 5.78. The lowest BCUT2D eigenvalue weighted by atomic mass is 10.1. The second kappa shape index (κ2) is 9.28. The molecule has 0 saturated carbocycles. The van der Waals surface area contributed by atoms with Crippen LogP contribution in [0.25, 0.3) is 0 Å². The fourth-order valence-corrected chi connectivity index (χ4v) is 3.09. The molecule has 144 valence electrons. The van der Waals surface area contributed by atoms with Gasteiger partial charge in [-0.3, -0.25) is 4.79 Å². The summed E-state index contributed by atoms with van der Waals surface area (Å²) in [5, 5.41) is 2.95. The third-order valence-electron chi connectivity index (χ3n) is 4.61. The molecular weight excluding hydrogens is 344 g/mol. The minimum Gasteiger partial charge on any atom is -0.493 e. The third-order valence-corrected chi connectivity index (χ3v) is 4.61. The molecule has 1 fully saturated rings. The van der Waals surface area contributed by atoms with Crippen molar-refractivity contribution in [2.75, 3.05) is 45.4 Å². The fraction of sp³-hybridized carbons (Fsp3) is 0.381. The summed E-state index contributed by atoms with van der Waals surface area (Å²) in [5.74, 6) is 1.32. The molecule has 0 atom stereocenters. The average Bonchev–Trinajstić information content (AvgIpc) is 2.73. The number of carbonyl (C=O) groups is 1. The molecule has 1 N–H and O–H groups in total. The Morgan fingerprint density at radius 3 is 2.33 bits per heavy atom. The molecule has 0 aliphatic carbocycles. The second-order valence-corrected chi connectivity index (χ2v) is 6.41. The maximum Gasteiger partial charge on any atom is 0.224 e. The number of nitrogens with one attached hydrogen (secondary N) is 1. The highest BCUT2D eigenvalue weighted by atomic mass is 16.5. The van der Waals surface area contributed by atoms with Crippen molar-refractivity contribution in [1.82, 2.24) is 5.32 Å². The van der Waals surface area contributed by atoms with Gasteiger partial charge >= 0.3 is 0 Å². The van der Waals surface area contributed by atoms with Crippen LogP contribution in [0.3, 0.4) is 0 Å². The molecule has 6 nitrogen and oxygen atoms in total. The number of anilines is 1. The summed E-state index contributed by atoms with van der Waals surface area (Å²) in [6.45, 7) is 3.79. The molecule has 2 aromatic rings. The van der Waals surface area contributed by atoms with E-state index in [4.69, 9.17) is 14.2 Å². The normalized spacial score (nSPS) is 13.9. The van der Waals surface area contributed by atoms with Gasteiger partial charge in [0.15, 0.2) is 11.5 Å². The summed E-state index contributed by atoms with van der Waals surface area (Å²) in [6, 6.07) is 13.8. The van der Waals surface area contributed by atoms with E-state index in [1.54, 1.807) is 14.2 Å². The summed E-state index contributed by atoms with van der Waals surface area (Å²) in [6.07, 6.45) is 0.358. The van der Waals surface area contributed by atoms with Gasteiger partial charge in [-0.15, -0.1) is 0 Å². The van der Waals surface area contributed by atoms with E-state index in [9.17, 15) is 4.79 Å². The van der Waals surface area contributed by atoms with Gasteiger partial charge in [0.2, 0.25) is 5.91 Å². The zero-order valence-corrected chi connectivity index (χ0v) is 15.9. The Hall–Kier alpha value is -2.73. The lowest BCUT2D eigenvalue weighted by Crippen LogP contribution is -2.36. The maximum absolute atomic E-state index is 12.3. The molecule has 1 aliphatic heterocycles. The minimum absolute atomic E-state index is 0.0103. The SMILES string of the molecule is COc1ccc(CNC(=O)Cc2ccc(N3CCOCC3)cc2)cc1OC. The van der Waals surface area contributed by atoms with Crippen LogP contribution in [0.15, 0.2) is 42.5 Å². The van der Waals surface area contributed by atoms with Gasteiger partial charge in [-0.05, 0) is 35.4 Å². The Bertz CT molecular complexity index is 755. The van der Waals surface area contributed by atoms with Gasteiger partial charge in [-0.2, -0.15) is 0 Å². The van der Waals surface area contributed by atoms with Gasteiger partial charge in [0.25, 0.3) is 0 Å². The Morgan fingerprint density at radius 1 is 1.00 bits per heavy atom. The number of morpholine rings is 1. The summed E-state index contributed by atoms with van der Waals surface area (Å²) in [4.78, 5) is 14.6. The zero-order valence-electron chi connectivity index (χ0n) is 15.9. The summed E-state index contributed by atoms with van der Waals surface area (Å²) in [5.41, 5.74) is 3.13. The number of hydrogen-bond donors (Lipinski definition) is 1. The monoisotopic (exact) mass is 370 g/mol. The molecule has 2 aromatic carbocycles. The molecular formula is C21H26N2O4. The van der Waals surface area contributed by atoms with E-state index in [0.717, 1.165) is 37.4 Å². The quantitative estimate of drug-likeness (QED) is 0.811. The van der Waals surface area contributed by atoms with Crippen LogP contribution in [0, 0.1) is 0 Å². The van der Waals surface area contributed by atoms with E-state index in [1.165, 1.54) is 5.69 Å². The van der Waals surface area contributed by atoms with E-state index in [0.29, 0.717) is 24.5 Å². The largest absolute Gasteiger partial charge is 0.493 e. The van der Waals surface area contributed by atoms with Crippen molar-refractivity contribution < 1.29 is 19.0 Å². The fourth-order valence-electron chi connectivity index (χ4n) is 3.09. The predicted octanol–water partition coefficient (Wildman–Crippen LogP) is 2.40. The van der Waals surface area contributed by atoms with Crippen molar-refractivity contribution in [3.05, 3.63) is 53.6 Å². The molecule has 0 radical (unpaired) electrons. The molecule has 0 aromatic heterocycles. The Morgan fingerprint density at radius 2 is 1.67 bits per heavy atom. The van der Waals surface area contributed by atoms with Crippen LogP contribution in [0.1, 0.15) is 11.1 Å². The van der Waals surface area contributed by atoms with Crippen molar-refractivity contribution in [3.63, 3.8) is 0 Å². The number of amides is 1. The first-order valence-electron chi connectivity index (χ1n) is 9.09. The smallest absolute Gasteiger partial charge is 0.224 e. The Balaban J connectivity index is 1.51. The Labute approximate surface area is 160 Å². The van der Waals surface area contributed by atoms with Crippen molar-refractivity contribution in [2.45, 2.75) is 13.0 Å². The van der Waals surface area contributed by atoms with Crippen LogP contribution in [0.2, 0.25) is 0 Å². The minimum atomic E-state index is -0.0103. The highest BCUT2D eigenvalue weighted by Gasteiger charge is 2.11. The Kier molecular flexibility index (Phi) is 6.54. The first-order chi connectivity index (χ1) is 13.2. The molecule has 0 bridgehead atoms. The van der Waals surface area contributed by atoms with E-state index in [1.807, 2.05) is 30.3 Å². The van der Waals surface area contributed by atoms with Crippen LogP contribution in [-0.2, 0) is 22.5 Å². The van der Waals surface area contributed by atoms with Crippen LogP contribution in [-0.4, -0.2) is 46.4 Å². The van der Waals surface area contributed by atoms with Crippen molar-refractivity contribution in [3.8, 4) is 11.5 Å². The van der Waals surface area contributed by atoms with Crippen molar-refractivity contribution >= 4 is 11.6 Å². The van der Waals surface area contributed by atoms with Crippen LogP contribution in [0.4, 0.5) is 5.69 Å². The number of nitrogens with zero attached hydrogens (tertiary/aromatic N) is 1. The molecule has 1 heterocycles. The maximum atomic E-state index is 12.3. The molecule has 0 unspecified atom stereocenters. The predicted molar refractivity (Wildman–Crippen MR) is 105 cm³/mol. The lowest BCUT2D eigenvalue weighted by Gasteiger charge is -2.28.